The highest BCUT2D eigenvalue weighted by Crippen LogP contribution is 2.47. The molecule has 0 radical (unpaired) electrons. The van der Waals surface area contributed by atoms with Crippen LogP contribution in [-0.2, 0) is 7.05 Å². The third-order valence-corrected chi connectivity index (χ3v) is 8.15. The zero-order chi connectivity index (χ0) is 21.9. The molecule has 3 aromatic rings. The van der Waals surface area contributed by atoms with Crippen molar-refractivity contribution >= 4 is 39.5 Å². The third-order valence-electron chi connectivity index (χ3n) is 7.34. The molecule has 0 aliphatic heterocycles. The first-order valence-electron chi connectivity index (χ1n) is 11.2. The fraction of sp³-hybridized carbons (Fsp3) is 0.480. The first kappa shape index (κ1) is 20.9. The van der Waals surface area contributed by atoms with Crippen LogP contribution in [0.1, 0.15) is 39.5 Å². The van der Waals surface area contributed by atoms with E-state index < -0.39 is 0 Å². The summed E-state index contributed by atoms with van der Waals surface area (Å²) in [6.07, 6.45) is 9.20. The molecule has 2 aromatic heterocycles. The molecule has 2 saturated carbocycles. The van der Waals surface area contributed by atoms with E-state index in [1.807, 2.05) is 39.4 Å². The molecule has 0 saturated heterocycles. The Labute approximate surface area is 197 Å². The van der Waals surface area contributed by atoms with Crippen molar-refractivity contribution in [3.05, 3.63) is 47.0 Å². The van der Waals surface area contributed by atoms with E-state index in [2.05, 4.69) is 36.7 Å². The van der Waals surface area contributed by atoms with Crippen LogP contribution in [0.2, 0.25) is 0 Å². The Bertz CT molecular complexity index is 1190. The lowest BCUT2D eigenvalue weighted by Gasteiger charge is -2.46. The fourth-order valence-corrected chi connectivity index (χ4v) is 6.77. The first-order chi connectivity index (χ1) is 14.8. The number of rotatable bonds is 3. The van der Waals surface area contributed by atoms with Crippen LogP contribution in [0.3, 0.4) is 0 Å². The minimum atomic E-state index is -0.00680. The highest BCUT2D eigenvalue weighted by Gasteiger charge is 2.41. The number of pyridine rings is 1. The first-order valence-corrected chi connectivity index (χ1v) is 12.2. The van der Waals surface area contributed by atoms with Gasteiger partial charge in [-0.3, -0.25) is 7.58 Å². The molecule has 2 aliphatic rings. The molecule has 2 N–H and O–H groups in total. The van der Waals surface area contributed by atoms with Crippen molar-refractivity contribution in [1.29, 1.82) is 0 Å². The molecule has 5 nitrogen and oxygen atoms in total. The van der Waals surface area contributed by atoms with Crippen LogP contribution < -0.4 is 16.0 Å². The average Bonchev–Trinajstić information content (AvgIpc) is 3.10. The zero-order valence-corrected chi connectivity index (χ0v) is 20.5. The van der Waals surface area contributed by atoms with Gasteiger partial charge in [-0.1, -0.05) is 13.8 Å². The minimum absolute atomic E-state index is 0.00680. The van der Waals surface area contributed by atoms with Crippen molar-refractivity contribution in [2.24, 2.45) is 30.7 Å². The van der Waals surface area contributed by atoms with Gasteiger partial charge in [-0.2, -0.15) is 0 Å². The smallest absolute Gasteiger partial charge is 0.275 e. The van der Waals surface area contributed by atoms with Crippen LogP contribution in [0.4, 0.5) is 5.69 Å². The molecule has 5 rings (SSSR count). The van der Waals surface area contributed by atoms with Crippen molar-refractivity contribution in [2.45, 2.75) is 45.6 Å². The lowest BCUT2D eigenvalue weighted by atomic mass is 9.64. The second-order valence-electron chi connectivity index (χ2n) is 9.84. The summed E-state index contributed by atoms with van der Waals surface area (Å²) in [5, 5.41) is 0.927. The molecule has 5 atom stereocenters. The summed E-state index contributed by atoms with van der Waals surface area (Å²) in [5.74, 6) is 3.64. The van der Waals surface area contributed by atoms with Crippen LogP contribution in [0, 0.1) is 23.7 Å². The summed E-state index contributed by atoms with van der Waals surface area (Å²) in [5.41, 5.74) is 9.52. The highest BCUT2D eigenvalue weighted by atomic mass is 127. The molecule has 31 heavy (non-hydrogen) atoms. The van der Waals surface area contributed by atoms with Gasteiger partial charge in [0.05, 0.1) is 22.9 Å². The number of anilines is 1. The molecular formula is C25H30IN3O2. The summed E-state index contributed by atoms with van der Waals surface area (Å²) in [6.45, 7) is 4.73. The number of aryl methyl sites for hydroxylation is 1. The van der Waals surface area contributed by atoms with Gasteiger partial charge in [0.1, 0.15) is 17.4 Å². The number of nitrogen functional groups attached to an aromatic ring is 1. The van der Waals surface area contributed by atoms with Crippen LogP contribution in [0.25, 0.3) is 22.0 Å². The van der Waals surface area contributed by atoms with E-state index in [-0.39, 0.29) is 11.7 Å². The van der Waals surface area contributed by atoms with E-state index in [0.717, 1.165) is 34.1 Å². The Morgan fingerprint density at radius 3 is 2.71 bits per heavy atom. The highest BCUT2D eigenvalue weighted by molar-refractivity contribution is 14.1. The Morgan fingerprint density at radius 2 is 1.90 bits per heavy atom. The normalized spacial score (nSPS) is 28.1. The lowest BCUT2D eigenvalue weighted by molar-refractivity contribution is -0.0154. The Balaban J connectivity index is 1.60. The zero-order valence-electron chi connectivity index (χ0n) is 18.3. The maximum absolute atomic E-state index is 12.7. The largest absolute Gasteiger partial charge is 0.489 e. The minimum Gasteiger partial charge on any atom is -0.489 e. The number of benzene rings is 1. The molecule has 0 spiro atoms. The fourth-order valence-electron chi connectivity index (χ4n) is 6.14. The molecule has 6 heteroatoms. The molecule has 2 bridgehead atoms. The van der Waals surface area contributed by atoms with Gasteiger partial charge in [0.15, 0.2) is 0 Å². The molecule has 2 heterocycles. The quantitative estimate of drug-likeness (QED) is 0.352. The molecule has 0 amide bonds. The number of halogens is 1. The standard InChI is InChI=1S/C25H30IN3O2/c1-14-8-16-10-15(2)24(17(9-14)11-16)31-22-5-4-18(27)12-20(22)21-13-28(3)25(30)23-19(21)6-7-29(23)26/h4-7,12-17,24H,8-11,27H2,1-3H3. The monoisotopic (exact) mass is 531 g/mol. The Morgan fingerprint density at radius 1 is 1.10 bits per heavy atom. The van der Waals surface area contributed by atoms with E-state index >= 15 is 0 Å². The van der Waals surface area contributed by atoms with E-state index in [9.17, 15) is 4.79 Å². The molecular weight excluding hydrogens is 501 g/mol. The second kappa shape index (κ2) is 7.87. The number of hydrogen-bond donors (Lipinski definition) is 1. The van der Waals surface area contributed by atoms with Gasteiger partial charge in [0, 0.05) is 41.6 Å². The molecule has 2 aliphatic carbocycles. The third kappa shape index (κ3) is 3.66. The maximum atomic E-state index is 12.7. The van der Waals surface area contributed by atoms with Gasteiger partial charge in [-0.25, -0.2) is 0 Å². The molecule has 1 aromatic carbocycles. The second-order valence-corrected chi connectivity index (χ2v) is 10.9. The van der Waals surface area contributed by atoms with Crippen LogP contribution in [-0.4, -0.2) is 13.5 Å². The summed E-state index contributed by atoms with van der Waals surface area (Å²) < 4.78 is 10.3. The van der Waals surface area contributed by atoms with E-state index in [4.69, 9.17) is 10.5 Å². The molecule has 164 valence electrons. The van der Waals surface area contributed by atoms with Gasteiger partial charge in [0.25, 0.3) is 5.56 Å². The van der Waals surface area contributed by atoms with Crippen molar-refractivity contribution in [3.63, 3.8) is 0 Å². The van der Waals surface area contributed by atoms with Gasteiger partial charge >= 0.3 is 0 Å². The van der Waals surface area contributed by atoms with Crippen LogP contribution in [0.5, 0.6) is 5.75 Å². The predicted molar refractivity (Wildman–Crippen MR) is 135 cm³/mol. The van der Waals surface area contributed by atoms with Crippen molar-refractivity contribution in [1.82, 2.24) is 7.35 Å². The average molecular weight is 531 g/mol. The number of aromatic nitrogens is 2. The van der Waals surface area contributed by atoms with Crippen LogP contribution in [0.15, 0.2) is 41.5 Å². The number of ether oxygens (including phenoxy) is 1. The van der Waals surface area contributed by atoms with Crippen molar-refractivity contribution in [2.75, 3.05) is 5.73 Å². The summed E-state index contributed by atoms with van der Waals surface area (Å²) >= 11 is 2.16. The summed E-state index contributed by atoms with van der Waals surface area (Å²) in [4.78, 5) is 12.7. The Kier molecular flexibility index (Phi) is 5.31. The Hall–Kier alpha value is -1.96. The number of nitrogens with zero attached hydrogens (tertiary/aromatic N) is 2. The number of nitrogens with two attached hydrogens (primary N) is 1. The SMILES string of the molecule is CC1CC2CC(C)C(Oc3ccc(N)cc3-c3cn(C)c(=O)c4c3ccn4I)C(C1)C2. The molecule has 2 fully saturated rings. The van der Waals surface area contributed by atoms with Crippen molar-refractivity contribution in [3.8, 4) is 16.9 Å². The van der Waals surface area contributed by atoms with Crippen LogP contribution >= 0.6 is 22.9 Å². The molecule has 5 unspecified atom stereocenters. The lowest BCUT2D eigenvalue weighted by Crippen LogP contribution is -2.43. The summed E-state index contributed by atoms with van der Waals surface area (Å²) in [6, 6.07) is 7.91. The van der Waals surface area contributed by atoms with Gasteiger partial charge in [0.2, 0.25) is 0 Å². The predicted octanol–water partition coefficient (Wildman–Crippen LogP) is 5.63. The van der Waals surface area contributed by atoms with E-state index in [1.165, 1.54) is 25.7 Å². The van der Waals surface area contributed by atoms with Gasteiger partial charge in [-0.15, -0.1) is 0 Å². The summed E-state index contributed by atoms with van der Waals surface area (Å²) in [7, 11) is 1.80. The number of hydrogen-bond acceptors (Lipinski definition) is 3. The van der Waals surface area contributed by atoms with E-state index in [0.29, 0.717) is 23.0 Å². The van der Waals surface area contributed by atoms with Crippen molar-refractivity contribution < 1.29 is 4.74 Å². The topological polar surface area (TPSA) is 62.2 Å². The maximum Gasteiger partial charge on any atom is 0.275 e. The van der Waals surface area contributed by atoms with E-state index in [1.54, 1.807) is 11.6 Å². The number of fused-ring (bicyclic) bond motifs is 3. The van der Waals surface area contributed by atoms with Gasteiger partial charge in [-0.05, 0) is 73.6 Å². The van der Waals surface area contributed by atoms with Gasteiger partial charge < -0.3 is 15.0 Å².